The van der Waals surface area contributed by atoms with Gasteiger partial charge in [0.2, 0.25) is 5.91 Å². The van der Waals surface area contributed by atoms with Gasteiger partial charge in [0.25, 0.3) is 0 Å². The van der Waals surface area contributed by atoms with Crippen molar-refractivity contribution in [3.63, 3.8) is 0 Å². The highest BCUT2D eigenvalue weighted by atomic mass is 35.5. The molecule has 16 heavy (non-hydrogen) atoms. The molecule has 0 aromatic carbocycles. The molecule has 1 aliphatic heterocycles. The van der Waals surface area contributed by atoms with Crippen molar-refractivity contribution in [3.05, 3.63) is 0 Å². The number of carbonyl (C=O) groups is 1. The molecule has 0 aliphatic carbocycles. The van der Waals surface area contributed by atoms with Crippen molar-refractivity contribution >= 4 is 29.3 Å². The van der Waals surface area contributed by atoms with Crippen LogP contribution in [0.3, 0.4) is 0 Å². The Hall–Kier alpha value is 0.110. The number of thioether (sulfide) groups is 1. The summed E-state index contributed by atoms with van der Waals surface area (Å²) in [7, 11) is 0. The van der Waals surface area contributed by atoms with Gasteiger partial charge in [0.05, 0.1) is 0 Å². The zero-order chi connectivity index (χ0) is 11.8. The van der Waals surface area contributed by atoms with E-state index in [0.29, 0.717) is 24.1 Å². The largest absolute Gasteiger partial charge is 0.356 e. The van der Waals surface area contributed by atoms with E-state index in [1.807, 2.05) is 11.8 Å². The van der Waals surface area contributed by atoms with Gasteiger partial charge in [-0.15, -0.1) is 11.6 Å². The number of hydrogen-bond donors (Lipinski definition) is 1. The van der Waals surface area contributed by atoms with E-state index >= 15 is 0 Å². The predicted molar refractivity (Wildman–Crippen MR) is 72.2 cm³/mol. The van der Waals surface area contributed by atoms with Crippen LogP contribution in [0.4, 0.5) is 0 Å². The van der Waals surface area contributed by atoms with E-state index in [2.05, 4.69) is 12.2 Å². The second-order valence-electron chi connectivity index (χ2n) is 4.65. The molecule has 1 atom stereocenters. The third kappa shape index (κ3) is 6.00. The lowest BCUT2D eigenvalue weighted by molar-refractivity contribution is -0.122. The Labute approximate surface area is 108 Å². The van der Waals surface area contributed by atoms with Gasteiger partial charge in [0.1, 0.15) is 0 Å². The van der Waals surface area contributed by atoms with Gasteiger partial charge in [-0.2, -0.15) is 11.8 Å². The molecule has 0 radical (unpaired) electrons. The molecule has 0 aromatic rings. The molecule has 0 aromatic heterocycles. The number of amides is 1. The number of rotatable bonds is 6. The highest BCUT2D eigenvalue weighted by Gasteiger charge is 2.17. The van der Waals surface area contributed by atoms with Gasteiger partial charge in [-0.25, -0.2) is 0 Å². The van der Waals surface area contributed by atoms with Gasteiger partial charge in [-0.3, -0.25) is 4.79 Å². The van der Waals surface area contributed by atoms with Crippen molar-refractivity contribution in [1.29, 1.82) is 0 Å². The van der Waals surface area contributed by atoms with Crippen LogP contribution in [0, 0.1) is 11.8 Å². The first-order valence-corrected chi connectivity index (χ1v) is 7.81. The molecule has 1 N–H and O–H groups in total. The fourth-order valence-corrected chi connectivity index (χ4v) is 3.44. The molecule has 1 saturated heterocycles. The van der Waals surface area contributed by atoms with Crippen molar-refractivity contribution < 1.29 is 4.79 Å². The van der Waals surface area contributed by atoms with Crippen molar-refractivity contribution in [1.82, 2.24) is 5.32 Å². The highest BCUT2D eigenvalue weighted by molar-refractivity contribution is 7.99. The van der Waals surface area contributed by atoms with E-state index in [-0.39, 0.29) is 5.91 Å². The standard InChI is InChI=1S/C12H22ClNOS/c1-10(2-5-13)9-14-12(15)8-11-3-6-16-7-4-11/h10-11H,2-9H2,1H3,(H,14,15). The Kier molecular flexibility index (Phi) is 7.30. The Morgan fingerprint density at radius 3 is 2.81 bits per heavy atom. The van der Waals surface area contributed by atoms with Crippen molar-refractivity contribution in [2.75, 3.05) is 23.9 Å². The quantitative estimate of drug-likeness (QED) is 0.747. The SMILES string of the molecule is CC(CCCl)CNC(=O)CC1CCSCC1. The lowest BCUT2D eigenvalue weighted by atomic mass is 9.98. The van der Waals surface area contributed by atoms with Crippen LogP contribution in [0.2, 0.25) is 0 Å². The van der Waals surface area contributed by atoms with Gasteiger partial charge in [0, 0.05) is 18.8 Å². The Morgan fingerprint density at radius 1 is 1.50 bits per heavy atom. The number of halogens is 1. The van der Waals surface area contributed by atoms with Crippen LogP contribution in [0.15, 0.2) is 0 Å². The maximum atomic E-state index is 11.7. The second-order valence-corrected chi connectivity index (χ2v) is 6.25. The molecule has 1 rings (SSSR count). The van der Waals surface area contributed by atoms with Gasteiger partial charge >= 0.3 is 0 Å². The number of hydrogen-bond acceptors (Lipinski definition) is 2. The maximum Gasteiger partial charge on any atom is 0.220 e. The topological polar surface area (TPSA) is 29.1 Å². The molecule has 0 spiro atoms. The molecule has 1 unspecified atom stereocenters. The number of nitrogens with one attached hydrogen (secondary N) is 1. The average Bonchev–Trinajstić information content (AvgIpc) is 2.28. The van der Waals surface area contributed by atoms with Gasteiger partial charge in [-0.05, 0) is 42.6 Å². The monoisotopic (exact) mass is 263 g/mol. The number of carbonyl (C=O) groups excluding carboxylic acids is 1. The summed E-state index contributed by atoms with van der Waals surface area (Å²) in [5, 5.41) is 3.01. The maximum absolute atomic E-state index is 11.7. The molecule has 2 nitrogen and oxygen atoms in total. The minimum atomic E-state index is 0.221. The minimum Gasteiger partial charge on any atom is -0.356 e. The molecule has 0 saturated carbocycles. The lowest BCUT2D eigenvalue weighted by Gasteiger charge is -2.21. The smallest absolute Gasteiger partial charge is 0.220 e. The molecule has 1 aliphatic rings. The molecular weight excluding hydrogens is 242 g/mol. The van der Waals surface area contributed by atoms with E-state index < -0.39 is 0 Å². The molecule has 1 fully saturated rings. The van der Waals surface area contributed by atoms with E-state index in [9.17, 15) is 4.79 Å². The van der Waals surface area contributed by atoms with Crippen LogP contribution in [0.25, 0.3) is 0 Å². The molecule has 94 valence electrons. The predicted octanol–water partition coefficient (Wildman–Crippen LogP) is 2.90. The summed E-state index contributed by atoms with van der Waals surface area (Å²) in [5.74, 6) is 4.45. The number of alkyl halides is 1. The van der Waals surface area contributed by atoms with Crippen molar-refractivity contribution in [3.8, 4) is 0 Å². The fraction of sp³-hybridized carbons (Fsp3) is 0.917. The summed E-state index contributed by atoms with van der Waals surface area (Å²) < 4.78 is 0. The summed E-state index contributed by atoms with van der Waals surface area (Å²) in [6.07, 6.45) is 4.10. The second kappa shape index (κ2) is 8.24. The van der Waals surface area contributed by atoms with Gasteiger partial charge in [-0.1, -0.05) is 6.92 Å². The summed E-state index contributed by atoms with van der Waals surface area (Å²) >= 11 is 7.66. The van der Waals surface area contributed by atoms with E-state index in [4.69, 9.17) is 11.6 Å². The Balaban J connectivity index is 2.10. The molecule has 1 amide bonds. The minimum absolute atomic E-state index is 0.221. The summed E-state index contributed by atoms with van der Waals surface area (Å²) in [5.41, 5.74) is 0. The first-order valence-electron chi connectivity index (χ1n) is 6.12. The van der Waals surface area contributed by atoms with Gasteiger partial charge in [0.15, 0.2) is 0 Å². The summed E-state index contributed by atoms with van der Waals surface area (Å²) in [6.45, 7) is 2.90. The molecule has 0 bridgehead atoms. The Morgan fingerprint density at radius 2 is 2.19 bits per heavy atom. The van der Waals surface area contributed by atoms with Crippen LogP contribution < -0.4 is 5.32 Å². The normalized spacial score (nSPS) is 19.4. The molecule has 4 heteroatoms. The van der Waals surface area contributed by atoms with E-state index in [1.54, 1.807) is 0 Å². The van der Waals surface area contributed by atoms with E-state index in [1.165, 1.54) is 24.3 Å². The van der Waals surface area contributed by atoms with Crippen LogP contribution >= 0.6 is 23.4 Å². The third-order valence-corrected chi connectivity index (χ3v) is 4.33. The average molecular weight is 264 g/mol. The van der Waals surface area contributed by atoms with Crippen LogP contribution in [-0.2, 0) is 4.79 Å². The Bertz CT molecular complexity index is 207. The summed E-state index contributed by atoms with van der Waals surface area (Å²) in [6, 6.07) is 0. The first-order chi connectivity index (χ1) is 7.72. The van der Waals surface area contributed by atoms with Gasteiger partial charge < -0.3 is 5.32 Å². The highest BCUT2D eigenvalue weighted by Crippen LogP contribution is 2.25. The van der Waals surface area contributed by atoms with Crippen molar-refractivity contribution in [2.45, 2.75) is 32.6 Å². The first kappa shape index (κ1) is 14.2. The van der Waals surface area contributed by atoms with Crippen LogP contribution in [0.5, 0.6) is 0 Å². The zero-order valence-electron chi connectivity index (χ0n) is 10.0. The van der Waals surface area contributed by atoms with Crippen LogP contribution in [-0.4, -0.2) is 29.8 Å². The zero-order valence-corrected chi connectivity index (χ0v) is 11.6. The van der Waals surface area contributed by atoms with Crippen molar-refractivity contribution in [2.24, 2.45) is 11.8 Å². The van der Waals surface area contributed by atoms with E-state index in [0.717, 1.165) is 13.0 Å². The van der Waals surface area contributed by atoms with Crippen LogP contribution in [0.1, 0.15) is 32.6 Å². The molecule has 1 heterocycles. The summed E-state index contributed by atoms with van der Waals surface area (Å²) in [4.78, 5) is 11.7. The lowest BCUT2D eigenvalue weighted by Crippen LogP contribution is -2.30. The molecular formula is C12H22ClNOS. The third-order valence-electron chi connectivity index (χ3n) is 3.06. The fourth-order valence-electron chi connectivity index (χ4n) is 1.86.